The van der Waals surface area contributed by atoms with Gasteiger partial charge in [0, 0.05) is 11.6 Å². The Morgan fingerprint density at radius 3 is 2.35 bits per heavy atom. The molecule has 0 saturated carbocycles. The van der Waals surface area contributed by atoms with Crippen LogP contribution in [0, 0.1) is 0 Å². The van der Waals surface area contributed by atoms with Crippen molar-refractivity contribution in [3.05, 3.63) is 83.9 Å². The molecule has 0 radical (unpaired) electrons. The van der Waals surface area contributed by atoms with E-state index in [0.717, 1.165) is 5.56 Å². The molecular formula is C22H21N3O4S2. The Labute approximate surface area is 185 Å². The Morgan fingerprint density at radius 1 is 1.03 bits per heavy atom. The summed E-state index contributed by atoms with van der Waals surface area (Å²) in [5, 5.41) is 12.1. The van der Waals surface area contributed by atoms with Crippen LogP contribution in [0.2, 0.25) is 0 Å². The summed E-state index contributed by atoms with van der Waals surface area (Å²) < 4.78 is 26.7. The number of benzene rings is 3. The lowest BCUT2D eigenvalue weighted by Crippen LogP contribution is -2.19. The van der Waals surface area contributed by atoms with Crippen molar-refractivity contribution in [2.24, 2.45) is 5.73 Å². The highest BCUT2D eigenvalue weighted by molar-refractivity contribution is 7.91. The molecule has 0 heterocycles. The van der Waals surface area contributed by atoms with Gasteiger partial charge >= 0.3 is 5.97 Å². The van der Waals surface area contributed by atoms with Crippen molar-refractivity contribution >= 4 is 44.5 Å². The van der Waals surface area contributed by atoms with Crippen molar-refractivity contribution in [3.63, 3.8) is 0 Å². The normalized spacial score (nSPS) is 12.1. The molecule has 1 unspecified atom stereocenters. The fourth-order valence-electron chi connectivity index (χ4n) is 3.38. The van der Waals surface area contributed by atoms with Crippen LogP contribution in [0.1, 0.15) is 23.5 Å². The lowest BCUT2D eigenvalue weighted by atomic mass is 9.87. The summed E-state index contributed by atoms with van der Waals surface area (Å²) in [4.78, 5) is 11.4. The SMILES string of the molecule is NC(=S)Nc1cccc(S(=O)(=O)c2cccc(C(CC(=O)O)c3ccccc3)c2N)c1. The van der Waals surface area contributed by atoms with Gasteiger partial charge in [-0.25, -0.2) is 8.42 Å². The molecule has 6 N–H and O–H groups in total. The van der Waals surface area contributed by atoms with E-state index in [-0.39, 0.29) is 27.0 Å². The number of para-hydroxylation sites is 1. The summed E-state index contributed by atoms with van der Waals surface area (Å²) in [6, 6.07) is 19.7. The summed E-state index contributed by atoms with van der Waals surface area (Å²) in [5.41, 5.74) is 13.4. The highest BCUT2D eigenvalue weighted by Crippen LogP contribution is 2.37. The van der Waals surface area contributed by atoms with Gasteiger partial charge in [-0.05, 0) is 47.6 Å². The van der Waals surface area contributed by atoms with Gasteiger partial charge in [-0.3, -0.25) is 4.79 Å². The number of hydrogen-bond acceptors (Lipinski definition) is 5. The van der Waals surface area contributed by atoms with Crippen LogP contribution in [0.15, 0.2) is 82.6 Å². The Kier molecular flexibility index (Phi) is 6.57. The second-order valence-electron chi connectivity index (χ2n) is 6.84. The Balaban J connectivity index is 2.11. The van der Waals surface area contributed by atoms with E-state index in [2.05, 4.69) is 5.32 Å². The molecule has 0 saturated heterocycles. The van der Waals surface area contributed by atoms with Crippen molar-refractivity contribution < 1.29 is 18.3 Å². The number of rotatable bonds is 7. The molecule has 0 aromatic heterocycles. The van der Waals surface area contributed by atoms with E-state index in [1.165, 1.54) is 18.2 Å². The minimum atomic E-state index is -3.99. The molecule has 3 rings (SSSR count). The predicted octanol–water partition coefficient (Wildman–Crippen LogP) is 3.36. The van der Waals surface area contributed by atoms with Crippen LogP contribution >= 0.6 is 12.2 Å². The topological polar surface area (TPSA) is 136 Å². The zero-order chi connectivity index (χ0) is 22.6. The van der Waals surface area contributed by atoms with Crippen molar-refractivity contribution in [1.82, 2.24) is 0 Å². The van der Waals surface area contributed by atoms with Gasteiger partial charge in [0.15, 0.2) is 5.11 Å². The van der Waals surface area contributed by atoms with Gasteiger partial charge in [-0.1, -0.05) is 48.5 Å². The van der Waals surface area contributed by atoms with Gasteiger partial charge in [-0.2, -0.15) is 0 Å². The molecule has 1 atom stereocenters. The number of sulfone groups is 1. The molecule has 9 heteroatoms. The van der Waals surface area contributed by atoms with Crippen molar-refractivity contribution in [1.29, 1.82) is 0 Å². The summed E-state index contributed by atoms with van der Waals surface area (Å²) >= 11 is 4.80. The molecule has 0 bridgehead atoms. The van der Waals surface area contributed by atoms with Crippen LogP contribution in [0.25, 0.3) is 0 Å². The van der Waals surface area contributed by atoms with Gasteiger partial charge in [0.05, 0.1) is 21.9 Å². The van der Waals surface area contributed by atoms with Gasteiger partial charge in [0.25, 0.3) is 0 Å². The van der Waals surface area contributed by atoms with Gasteiger partial charge in [0.2, 0.25) is 9.84 Å². The summed E-state index contributed by atoms with van der Waals surface area (Å²) in [6.45, 7) is 0. The first-order chi connectivity index (χ1) is 14.7. The third kappa shape index (κ3) is 5.01. The summed E-state index contributed by atoms with van der Waals surface area (Å²) in [7, 11) is -3.99. The minimum Gasteiger partial charge on any atom is -0.481 e. The van der Waals surface area contributed by atoms with Crippen LogP contribution in [-0.2, 0) is 14.6 Å². The number of anilines is 2. The number of carboxylic acid groups (broad SMARTS) is 1. The molecule has 3 aromatic rings. The average Bonchev–Trinajstić information content (AvgIpc) is 2.72. The third-order valence-corrected chi connectivity index (χ3v) is 6.67. The second-order valence-corrected chi connectivity index (χ2v) is 9.20. The number of hydrogen-bond donors (Lipinski definition) is 4. The lowest BCUT2D eigenvalue weighted by Gasteiger charge is -2.20. The van der Waals surface area contributed by atoms with E-state index < -0.39 is 21.7 Å². The number of nitrogen functional groups attached to an aromatic ring is 1. The summed E-state index contributed by atoms with van der Waals surface area (Å²) in [5.74, 6) is -1.62. The molecule has 0 fully saturated rings. The number of aliphatic carboxylic acids is 1. The fourth-order valence-corrected chi connectivity index (χ4v) is 4.95. The highest BCUT2D eigenvalue weighted by Gasteiger charge is 2.26. The Morgan fingerprint density at radius 2 is 1.71 bits per heavy atom. The highest BCUT2D eigenvalue weighted by atomic mass is 32.2. The molecular weight excluding hydrogens is 434 g/mol. The standard InChI is InChI=1S/C22H21N3O4S2/c23-21-17(18(13-20(26)27)14-6-2-1-3-7-14)10-5-11-19(21)31(28,29)16-9-4-8-15(12-16)25-22(24)30/h1-12,18H,13,23H2,(H,26,27)(H3,24,25,30). The quantitative estimate of drug-likeness (QED) is 0.315. The maximum Gasteiger partial charge on any atom is 0.304 e. The summed E-state index contributed by atoms with van der Waals surface area (Å²) in [6.07, 6.45) is -0.231. The molecule has 0 aliphatic heterocycles. The van der Waals surface area contributed by atoms with E-state index in [9.17, 15) is 18.3 Å². The monoisotopic (exact) mass is 455 g/mol. The van der Waals surface area contributed by atoms with Crippen LogP contribution in [-0.4, -0.2) is 24.6 Å². The molecule has 0 amide bonds. The minimum absolute atomic E-state index is 0.00657. The number of nitrogens with one attached hydrogen (secondary N) is 1. The first-order valence-corrected chi connectivity index (χ1v) is 11.2. The van der Waals surface area contributed by atoms with E-state index >= 15 is 0 Å². The van der Waals surface area contributed by atoms with E-state index in [0.29, 0.717) is 11.3 Å². The van der Waals surface area contributed by atoms with E-state index in [1.807, 2.05) is 6.07 Å². The van der Waals surface area contributed by atoms with Crippen LogP contribution in [0.5, 0.6) is 0 Å². The number of thiocarbonyl (C=S) groups is 1. The number of carbonyl (C=O) groups is 1. The molecule has 3 aromatic carbocycles. The average molecular weight is 456 g/mol. The van der Waals surface area contributed by atoms with Crippen LogP contribution < -0.4 is 16.8 Å². The predicted molar refractivity (Wildman–Crippen MR) is 124 cm³/mol. The van der Waals surface area contributed by atoms with Gasteiger partial charge in [-0.15, -0.1) is 0 Å². The molecule has 0 aliphatic carbocycles. The largest absolute Gasteiger partial charge is 0.481 e. The Bertz CT molecular complexity index is 1230. The molecule has 0 spiro atoms. The van der Waals surface area contributed by atoms with Gasteiger partial charge in [0.1, 0.15) is 0 Å². The number of carboxylic acids is 1. The van der Waals surface area contributed by atoms with Gasteiger partial charge < -0.3 is 21.9 Å². The van der Waals surface area contributed by atoms with E-state index in [4.69, 9.17) is 23.7 Å². The zero-order valence-corrected chi connectivity index (χ0v) is 18.0. The van der Waals surface area contributed by atoms with Crippen molar-refractivity contribution in [2.45, 2.75) is 22.1 Å². The maximum atomic E-state index is 13.3. The van der Waals surface area contributed by atoms with Crippen LogP contribution in [0.4, 0.5) is 11.4 Å². The van der Waals surface area contributed by atoms with Crippen molar-refractivity contribution in [3.8, 4) is 0 Å². The van der Waals surface area contributed by atoms with Crippen LogP contribution in [0.3, 0.4) is 0 Å². The van der Waals surface area contributed by atoms with Crippen molar-refractivity contribution in [2.75, 3.05) is 11.1 Å². The third-order valence-electron chi connectivity index (χ3n) is 4.76. The molecule has 7 nitrogen and oxygen atoms in total. The first-order valence-electron chi connectivity index (χ1n) is 9.27. The maximum absolute atomic E-state index is 13.3. The lowest BCUT2D eigenvalue weighted by molar-refractivity contribution is -0.137. The second kappa shape index (κ2) is 9.15. The number of nitrogens with two attached hydrogens (primary N) is 2. The zero-order valence-electron chi connectivity index (χ0n) is 16.4. The molecule has 160 valence electrons. The Hall–Kier alpha value is -3.43. The fraction of sp³-hybridized carbons (Fsp3) is 0.0909. The molecule has 0 aliphatic rings. The van der Waals surface area contributed by atoms with E-state index in [1.54, 1.807) is 48.5 Å². The first kappa shape index (κ1) is 22.3. The molecule has 31 heavy (non-hydrogen) atoms. The smallest absolute Gasteiger partial charge is 0.304 e.